The van der Waals surface area contributed by atoms with E-state index in [9.17, 15) is 0 Å². The molecule has 2 aromatic rings. The van der Waals surface area contributed by atoms with E-state index in [1.165, 1.54) is 0 Å². The van der Waals surface area contributed by atoms with Crippen LogP contribution in [-0.2, 0) is 6.54 Å². The van der Waals surface area contributed by atoms with Crippen LogP contribution in [0.2, 0.25) is 5.02 Å². The van der Waals surface area contributed by atoms with E-state index in [0.29, 0.717) is 17.0 Å². The van der Waals surface area contributed by atoms with Crippen molar-refractivity contribution in [2.45, 2.75) is 32.4 Å². The molecule has 0 aliphatic carbocycles. The Labute approximate surface area is 160 Å². The summed E-state index contributed by atoms with van der Waals surface area (Å²) in [4.78, 5) is 6.78. The Morgan fingerprint density at radius 2 is 2.04 bits per heavy atom. The summed E-state index contributed by atoms with van der Waals surface area (Å²) < 4.78 is 5.87. The van der Waals surface area contributed by atoms with Gasteiger partial charge in [0.25, 0.3) is 0 Å². The van der Waals surface area contributed by atoms with Gasteiger partial charge in [0.05, 0.1) is 12.7 Å². The molecule has 134 valence electrons. The van der Waals surface area contributed by atoms with Gasteiger partial charge in [-0.15, -0.1) is 24.8 Å². The smallest absolute Gasteiger partial charge is 0.209 e. The maximum atomic E-state index is 6.02. The zero-order chi connectivity index (χ0) is 15.5. The molecule has 0 spiro atoms. The maximum Gasteiger partial charge on any atom is 0.209 e. The van der Waals surface area contributed by atoms with E-state index in [4.69, 9.17) is 21.8 Å². The normalized spacial score (nSPS) is 17.0. The number of hydrogen-bond donors (Lipinski definition) is 1. The van der Waals surface area contributed by atoms with E-state index < -0.39 is 0 Å². The molecule has 1 unspecified atom stereocenters. The molecule has 4 nitrogen and oxygen atoms in total. The Morgan fingerprint density at radius 3 is 2.67 bits per heavy atom. The number of benzene rings is 1. The molecular weight excluding hydrogens is 369 g/mol. The van der Waals surface area contributed by atoms with Crippen LogP contribution in [0.1, 0.15) is 25.7 Å². The van der Waals surface area contributed by atoms with Crippen molar-refractivity contribution in [1.29, 1.82) is 0 Å². The summed E-state index contributed by atoms with van der Waals surface area (Å²) in [6.45, 7) is 4.97. The lowest BCUT2D eigenvalue weighted by Gasteiger charge is -2.32. The summed E-state index contributed by atoms with van der Waals surface area (Å²) in [5, 5.41) is 0.702. The van der Waals surface area contributed by atoms with Crippen molar-refractivity contribution in [3.8, 4) is 11.3 Å². The summed E-state index contributed by atoms with van der Waals surface area (Å²) in [5.74, 6) is 2.17. The van der Waals surface area contributed by atoms with E-state index in [-0.39, 0.29) is 24.8 Å². The number of piperidine rings is 1. The van der Waals surface area contributed by atoms with Gasteiger partial charge in [0.1, 0.15) is 0 Å². The highest BCUT2D eigenvalue weighted by Crippen LogP contribution is 2.25. The fourth-order valence-corrected chi connectivity index (χ4v) is 3.18. The second kappa shape index (κ2) is 9.64. The van der Waals surface area contributed by atoms with E-state index >= 15 is 0 Å². The summed E-state index contributed by atoms with van der Waals surface area (Å²) in [6, 6.07) is 7.92. The minimum atomic E-state index is 0. The van der Waals surface area contributed by atoms with Gasteiger partial charge >= 0.3 is 0 Å². The molecule has 1 aliphatic heterocycles. The van der Waals surface area contributed by atoms with Gasteiger partial charge in [-0.25, -0.2) is 4.98 Å². The number of hydrogen-bond acceptors (Lipinski definition) is 4. The fraction of sp³-hybridized carbons (Fsp3) is 0.471. The predicted octanol–water partition coefficient (Wildman–Crippen LogP) is 4.40. The Hall–Kier alpha value is -0.780. The first-order chi connectivity index (χ1) is 10.6. The monoisotopic (exact) mass is 391 g/mol. The molecule has 2 N–H and O–H groups in total. The van der Waals surface area contributed by atoms with Crippen LogP contribution >= 0.6 is 36.4 Å². The largest absolute Gasteiger partial charge is 0.439 e. The van der Waals surface area contributed by atoms with Crippen molar-refractivity contribution < 1.29 is 4.42 Å². The molecule has 1 fully saturated rings. The van der Waals surface area contributed by atoms with Gasteiger partial charge in [0, 0.05) is 16.6 Å². The molecule has 0 radical (unpaired) electrons. The first-order valence-electron chi connectivity index (χ1n) is 7.80. The van der Waals surface area contributed by atoms with Crippen molar-refractivity contribution in [3.05, 3.63) is 41.4 Å². The number of likely N-dealkylation sites (tertiary alicyclic amines) is 1. The van der Waals surface area contributed by atoms with Gasteiger partial charge in [-0.05, 0) is 50.9 Å². The molecule has 0 bridgehead atoms. The summed E-state index contributed by atoms with van der Waals surface area (Å²) >= 11 is 6.02. The second-order valence-corrected chi connectivity index (χ2v) is 6.54. The van der Waals surface area contributed by atoms with Crippen LogP contribution in [-0.4, -0.2) is 29.0 Å². The summed E-state index contributed by atoms with van der Waals surface area (Å²) in [6.07, 6.45) is 4.08. The van der Waals surface area contributed by atoms with E-state index in [1.54, 1.807) is 6.20 Å². The topological polar surface area (TPSA) is 55.3 Å². The second-order valence-electron chi connectivity index (χ2n) is 6.10. The van der Waals surface area contributed by atoms with Crippen molar-refractivity contribution in [1.82, 2.24) is 9.88 Å². The van der Waals surface area contributed by atoms with Gasteiger partial charge in [-0.3, -0.25) is 4.90 Å². The van der Waals surface area contributed by atoms with Gasteiger partial charge in [-0.1, -0.05) is 23.7 Å². The number of aromatic nitrogens is 1. The molecule has 3 rings (SSSR count). The Morgan fingerprint density at radius 1 is 1.33 bits per heavy atom. The minimum absolute atomic E-state index is 0. The van der Waals surface area contributed by atoms with Gasteiger partial charge in [0.15, 0.2) is 5.76 Å². The maximum absolute atomic E-state index is 6.02. The zero-order valence-electron chi connectivity index (χ0n) is 13.7. The van der Waals surface area contributed by atoms with Crippen molar-refractivity contribution in [2.24, 2.45) is 11.7 Å². The molecule has 0 saturated carbocycles. The van der Waals surface area contributed by atoms with Crippen LogP contribution < -0.4 is 5.73 Å². The van der Waals surface area contributed by atoms with Gasteiger partial charge < -0.3 is 10.2 Å². The third-order valence-corrected chi connectivity index (χ3v) is 4.63. The third-order valence-electron chi connectivity index (χ3n) is 4.40. The quantitative estimate of drug-likeness (QED) is 0.838. The highest BCUT2D eigenvalue weighted by atomic mass is 35.5. The SMILES string of the molecule is CC(N)C1CCN(Cc2ncc(-c3cccc(Cl)c3)o2)CC1.Cl.Cl. The van der Waals surface area contributed by atoms with Gasteiger partial charge in [-0.2, -0.15) is 0 Å². The average molecular weight is 393 g/mol. The van der Waals surface area contributed by atoms with Crippen molar-refractivity contribution in [2.75, 3.05) is 13.1 Å². The number of halogens is 3. The summed E-state index contributed by atoms with van der Waals surface area (Å²) in [5.41, 5.74) is 6.95. The molecule has 0 amide bonds. The standard InChI is InChI=1S/C17H22ClN3O.2ClH/c1-12(19)13-5-7-21(8-6-13)11-17-20-10-16(22-17)14-3-2-4-15(18)9-14;;/h2-4,9-10,12-13H,5-8,11,19H2,1H3;2*1H. The molecule has 1 aliphatic rings. The Kier molecular flexibility index (Phi) is 8.54. The van der Waals surface area contributed by atoms with Crippen LogP contribution in [0.5, 0.6) is 0 Å². The van der Waals surface area contributed by atoms with Crippen molar-refractivity contribution >= 4 is 36.4 Å². The highest BCUT2D eigenvalue weighted by Gasteiger charge is 2.22. The molecule has 24 heavy (non-hydrogen) atoms. The van der Waals surface area contributed by atoms with E-state index in [0.717, 1.165) is 49.7 Å². The number of oxazole rings is 1. The van der Waals surface area contributed by atoms with Crippen molar-refractivity contribution in [3.63, 3.8) is 0 Å². The Balaban J connectivity index is 0.00000144. The molecule has 1 saturated heterocycles. The number of rotatable bonds is 4. The first kappa shape index (κ1) is 21.3. The van der Waals surface area contributed by atoms with Crippen LogP contribution in [0, 0.1) is 5.92 Å². The van der Waals surface area contributed by atoms with Crippen LogP contribution in [0.4, 0.5) is 0 Å². The molecule has 1 aromatic carbocycles. The zero-order valence-corrected chi connectivity index (χ0v) is 16.0. The molecule has 7 heteroatoms. The number of nitrogens with zero attached hydrogens (tertiary/aromatic N) is 2. The third kappa shape index (κ3) is 5.36. The summed E-state index contributed by atoms with van der Waals surface area (Å²) in [7, 11) is 0. The van der Waals surface area contributed by atoms with Crippen LogP contribution in [0.3, 0.4) is 0 Å². The lowest BCUT2D eigenvalue weighted by molar-refractivity contribution is 0.154. The lowest BCUT2D eigenvalue weighted by atomic mass is 9.91. The highest BCUT2D eigenvalue weighted by molar-refractivity contribution is 6.30. The molecule has 2 heterocycles. The van der Waals surface area contributed by atoms with Crippen LogP contribution in [0.25, 0.3) is 11.3 Å². The molecular formula is C17H24Cl3N3O. The predicted molar refractivity (Wildman–Crippen MR) is 103 cm³/mol. The van der Waals surface area contributed by atoms with E-state index in [1.807, 2.05) is 24.3 Å². The first-order valence-corrected chi connectivity index (χ1v) is 8.18. The van der Waals surface area contributed by atoms with Gasteiger partial charge in [0.2, 0.25) is 5.89 Å². The molecule has 1 atom stereocenters. The Bertz CT molecular complexity index is 625. The minimum Gasteiger partial charge on any atom is -0.439 e. The lowest BCUT2D eigenvalue weighted by Crippen LogP contribution is -2.39. The van der Waals surface area contributed by atoms with Crippen LogP contribution in [0.15, 0.2) is 34.9 Å². The van der Waals surface area contributed by atoms with E-state index in [2.05, 4.69) is 16.8 Å². The number of nitrogens with two attached hydrogens (primary N) is 1. The average Bonchev–Trinajstić information content (AvgIpc) is 2.96. The molecule has 1 aromatic heterocycles. The fourth-order valence-electron chi connectivity index (χ4n) is 2.99.